The Kier molecular flexibility index (Phi) is 4.38. The van der Waals surface area contributed by atoms with Crippen LogP contribution in [0.25, 0.3) is 0 Å². The third-order valence-electron chi connectivity index (χ3n) is 3.23. The first-order valence-electron chi connectivity index (χ1n) is 6.40. The molecule has 20 heavy (non-hydrogen) atoms. The highest BCUT2D eigenvalue weighted by molar-refractivity contribution is 5.97. The fourth-order valence-corrected chi connectivity index (χ4v) is 2.05. The van der Waals surface area contributed by atoms with Gasteiger partial charge in [-0.15, -0.1) is 0 Å². The van der Waals surface area contributed by atoms with Crippen LogP contribution in [-0.4, -0.2) is 29.8 Å². The number of carbonyl (C=O) groups excluding carboxylic acids is 1. The number of amides is 1. The Morgan fingerprint density at radius 3 is 3.00 bits per heavy atom. The molecule has 1 fully saturated rings. The monoisotopic (exact) mass is 277 g/mol. The van der Waals surface area contributed by atoms with Crippen LogP contribution in [0.15, 0.2) is 18.2 Å². The van der Waals surface area contributed by atoms with E-state index in [1.54, 1.807) is 13.0 Å². The van der Waals surface area contributed by atoms with Gasteiger partial charge in [0.05, 0.1) is 5.69 Å². The average Bonchev–Trinajstić information content (AvgIpc) is 2.87. The Bertz CT molecular complexity index is 568. The number of ether oxygens (including phenoxy) is 1. The van der Waals surface area contributed by atoms with Crippen molar-refractivity contribution in [3.8, 4) is 11.8 Å². The van der Waals surface area contributed by atoms with Crippen LogP contribution in [0.5, 0.6) is 0 Å². The van der Waals surface area contributed by atoms with Crippen molar-refractivity contribution in [1.29, 1.82) is 0 Å². The molecule has 1 saturated heterocycles. The summed E-state index contributed by atoms with van der Waals surface area (Å²) in [6, 6.07) is 4.25. The normalized spacial score (nSPS) is 21.1. The van der Waals surface area contributed by atoms with E-state index >= 15 is 0 Å². The summed E-state index contributed by atoms with van der Waals surface area (Å²) >= 11 is 0. The molecule has 2 N–H and O–H groups in total. The second-order valence-electron chi connectivity index (χ2n) is 4.79. The van der Waals surface area contributed by atoms with E-state index in [4.69, 9.17) is 9.84 Å². The zero-order chi connectivity index (χ0) is 14.6. The van der Waals surface area contributed by atoms with Gasteiger partial charge in [-0.1, -0.05) is 11.8 Å². The summed E-state index contributed by atoms with van der Waals surface area (Å²) in [4.78, 5) is 12.1. The number of benzene rings is 1. The molecular formula is C15H16FNO3. The van der Waals surface area contributed by atoms with E-state index in [2.05, 4.69) is 17.2 Å². The van der Waals surface area contributed by atoms with Gasteiger partial charge in [-0.3, -0.25) is 4.79 Å². The molecule has 1 aliphatic rings. The molecule has 0 radical (unpaired) electrons. The highest BCUT2D eigenvalue weighted by Crippen LogP contribution is 2.27. The van der Waals surface area contributed by atoms with Crippen molar-refractivity contribution >= 4 is 11.6 Å². The number of carbonyl (C=O) groups is 1. The molecule has 1 heterocycles. The second kappa shape index (κ2) is 6.04. The van der Waals surface area contributed by atoms with E-state index in [0.29, 0.717) is 18.6 Å². The summed E-state index contributed by atoms with van der Waals surface area (Å²) < 4.78 is 19.3. The molecule has 0 aromatic heterocycles. The maximum absolute atomic E-state index is 13.9. The molecule has 1 aliphatic heterocycles. The van der Waals surface area contributed by atoms with E-state index in [1.165, 1.54) is 12.1 Å². The van der Waals surface area contributed by atoms with Gasteiger partial charge >= 0.3 is 0 Å². The molecule has 0 bridgehead atoms. The lowest BCUT2D eigenvalue weighted by Crippen LogP contribution is -2.39. The molecule has 4 nitrogen and oxygen atoms in total. The van der Waals surface area contributed by atoms with Crippen molar-refractivity contribution in [1.82, 2.24) is 0 Å². The van der Waals surface area contributed by atoms with Crippen LogP contribution in [0.2, 0.25) is 0 Å². The summed E-state index contributed by atoms with van der Waals surface area (Å²) in [7, 11) is 0. The van der Waals surface area contributed by atoms with Crippen molar-refractivity contribution in [2.75, 3.05) is 18.5 Å². The Hall–Kier alpha value is -1.90. The van der Waals surface area contributed by atoms with Crippen LogP contribution >= 0.6 is 0 Å². The van der Waals surface area contributed by atoms with Gasteiger partial charge in [0, 0.05) is 12.2 Å². The molecule has 1 atom stereocenters. The number of nitrogens with one attached hydrogen (secondary N) is 1. The number of rotatable bonds is 2. The Morgan fingerprint density at radius 1 is 1.60 bits per heavy atom. The van der Waals surface area contributed by atoms with Gasteiger partial charge < -0.3 is 15.2 Å². The van der Waals surface area contributed by atoms with Gasteiger partial charge in [0.2, 0.25) is 0 Å². The first kappa shape index (κ1) is 14.5. The minimum atomic E-state index is -0.887. The molecule has 1 amide bonds. The Labute approximate surface area is 116 Å². The molecule has 1 aromatic rings. The van der Waals surface area contributed by atoms with Crippen LogP contribution in [0, 0.1) is 17.7 Å². The molecular weight excluding hydrogens is 261 g/mol. The van der Waals surface area contributed by atoms with Gasteiger partial charge in [-0.25, -0.2) is 4.39 Å². The van der Waals surface area contributed by atoms with Gasteiger partial charge in [0.15, 0.2) is 0 Å². The van der Waals surface area contributed by atoms with Gasteiger partial charge in [-0.05, 0) is 38.0 Å². The molecule has 1 unspecified atom stereocenters. The molecule has 1 aromatic carbocycles. The minimum Gasteiger partial charge on any atom is -0.384 e. The fraction of sp³-hybridized carbons (Fsp3) is 0.400. The van der Waals surface area contributed by atoms with Crippen LogP contribution in [0.3, 0.4) is 0 Å². The van der Waals surface area contributed by atoms with E-state index in [9.17, 15) is 9.18 Å². The maximum Gasteiger partial charge on any atom is 0.256 e. The van der Waals surface area contributed by atoms with Crippen molar-refractivity contribution in [3.05, 3.63) is 29.6 Å². The van der Waals surface area contributed by atoms with Crippen LogP contribution in [-0.2, 0) is 9.53 Å². The molecule has 0 aliphatic carbocycles. The lowest BCUT2D eigenvalue weighted by atomic mass is 10.0. The summed E-state index contributed by atoms with van der Waals surface area (Å²) in [6.07, 6.45) is 1.45. The topological polar surface area (TPSA) is 58.6 Å². The van der Waals surface area contributed by atoms with Crippen LogP contribution in [0.1, 0.15) is 25.3 Å². The molecule has 5 heteroatoms. The minimum absolute atomic E-state index is 0.0984. The van der Waals surface area contributed by atoms with Crippen LogP contribution < -0.4 is 5.32 Å². The fourth-order valence-electron chi connectivity index (χ4n) is 2.05. The second-order valence-corrected chi connectivity index (χ2v) is 4.79. The molecule has 2 rings (SSSR count). The number of hydrogen-bond acceptors (Lipinski definition) is 3. The zero-order valence-corrected chi connectivity index (χ0v) is 11.2. The smallest absolute Gasteiger partial charge is 0.256 e. The number of aliphatic hydroxyl groups excluding tert-OH is 1. The lowest BCUT2D eigenvalue weighted by Gasteiger charge is -2.22. The SMILES string of the molecule is CC1(C(=O)Nc2ccc(C#CCO)cc2F)CCCO1. The first-order valence-corrected chi connectivity index (χ1v) is 6.40. The van der Waals surface area contributed by atoms with Crippen molar-refractivity contribution in [2.45, 2.75) is 25.4 Å². The van der Waals surface area contributed by atoms with Gasteiger partial charge in [0.25, 0.3) is 5.91 Å². The lowest BCUT2D eigenvalue weighted by molar-refractivity contribution is -0.133. The number of hydrogen-bond donors (Lipinski definition) is 2. The summed E-state index contributed by atoms with van der Waals surface area (Å²) in [5.74, 6) is 4.13. The van der Waals surface area contributed by atoms with Crippen molar-refractivity contribution in [3.63, 3.8) is 0 Å². The Balaban J connectivity index is 2.12. The van der Waals surface area contributed by atoms with E-state index in [-0.39, 0.29) is 18.2 Å². The zero-order valence-electron chi connectivity index (χ0n) is 11.2. The van der Waals surface area contributed by atoms with Crippen LogP contribution in [0.4, 0.5) is 10.1 Å². The highest BCUT2D eigenvalue weighted by Gasteiger charge is 2.37. The summed E-state index contributed by atoms with van der Waals surface area (Å²) in [5.41, 5.74) is -0.346. The summed E-state index contributed by atoms with van der Waals surface area (Å²) in [5, 5.41) is 11.1. The van der Waals surface area contributed by atoms with E-state index in [1.807, 2.05) is 0 Å². The number of aliphatic hydroxyl groups is 1. The third kappa shape index (κ3) is 3.16. The molecule has 0 spiro atoms. The van der Waals surface area contributed by atoms with Crippen molar-refractivity contribution < 1.29 is 19.0 Å². The number of anilines is 1. The number of halogens is 1. The average molecular weight is 277 g/mol. The summed E-state index contributed by atoms with van der Waals surface area (Å²) in [6.45, 7) is 1.96. The van der Waals surface area contributed by atoms with E-state index < -0.39 is 11.4 Å². The molecule has 106 valence electrons. The Morgan fingerprint density at radius 2 is 2.40 bits per heavy atom. The largest absolute Gasteiger partial charge is 0.384 e. The predicted molar refractivity (Wildman–Crippen MR) is 72.6 cm³/mol. The quantitative estimate of drug-likeness (QED) is 0.809. The predicted octanol–water partition coefficient (Wildman–Crippen LogP) is 1.68. The molecule has 0 saturated carbocycles. The van der Waals surface area contributed by atoms with Gasteiger partial charge in [-0.2, -0.15) is 0 Å². The van der Waals surface area contributed by atoms with Gasteiger partial charge in [0.1, 0.15) is 18.0 Å². The first-order chi connectivity index (χ1) is 9.55. The van der Waals surface area contributed by atoms with E-state index in [0.717, 1.165) is 6.42 Å². The van der Waals surface area contributed by atoms with Crippen molar-refractivity contribution in [2.24, 2.45) is 0 Å². The standard InChI is InChI=1S/C15H16FNO3/c1-15(7-3-9-20-15)14(19)17-13-6-5-11(4-2-8-18)10-12(13)16/h5-6,10,18H,3,7-9H2,1H3,(H,17,19). The highest BCUT2D eigenvalue weighted by atomic mass is 19.1. The maximum atomic E-state index is 13.9. The third-order valence-corrected chi connectivity index (χ3v) is 3.23.